The Morgan fingerprint density at radius 3 is 2.71 bits per heavy atom. The molecule has 0 aliphatic heterocycles. The van der Waals surface area contributed by atoms with Gasteiger partial charge in [0.15, 0.2) is 0 Å². The Kier molecular flexibility index (Phi) is 3.28. The Balaban J connectivity index is 2.41. The Morgan fingerprint density at radius 1 is 1.35 bits per heavy atom. The van der Waals surface area contributed by atoms with Crippen molar-refractivity contribution < 1.29 is 15.0 Å². The fourth-order valence-electron chi connectivity index (χ4n) is 2.35. The van der Waals surface area contributed by atoms with Gasteiger partial charge in [0, 0.05) is 6.20 Å². The predicted molar refractivity (Wildman–Crippen MR) is 61.2 cm³/mol. The van der Waals surface area contributed by atoms with E-state index in [4.69, 9.17) is 5.11 Å². The second-order valence-electron chi connectivity index (χ2n) is 4.36. The van der Waals surface area contributed by atoms with Gasteiger partial charge in [0.1, 0.15) is 5.56 Å². The van der Waals surface area contributed by atoms with Gasteiger partial charge in [0.2, 0.25) is 0 Å². The largest absolute Gasteiger partial charge is 0.477 e. The summed E-state index contributed by atoms with van der Waals surface area (Å²) in [6.07, 6.45) is 4.26. The molecule has 2 atom stereocenters. The molecular formula is C12H15NO4. The molecule has 5 nitrogen and oxygen atoms in total. The molecule has 1 fully saturated rings. The molecule has 1 aromatic rings. The Labute approximate surface area is 98.3 Å². The maximum absolute atomic E-state index is 11.9. The molecule has 1 heterocycles. The van der Waals surface area contributed by atoms with Crippen LogP contribution in [-0.4, -0.2) is 26.9 Å². The van der Waals surface area contributed by atoms with Crippen molar-refractivity contribution in [2.45, 2.75) is 37.8 Å². The zero-order valence-electron chi connectivity index (χ0n) is 9.37. The first-order valence-corrected chi connectivity index (χ1v) is 5.74. The van der Waals surface area contributed by atoms with E-state index in [1.807, 2.05) is 0 Å². The maximum atomic E-state index is 11.9. The third kappa shape index (κ3) is 2.24. The highest BCUT2D eigenvalue weighted by molar-refractivity contribution is 5.86. The van der Waals surface area contributed by atoms with Gasteiger partial charge >= 0.3 is 5.97 Å². The SMILES string of the molecule is O=C(O)c1cccn([C@H]2CCCC[C@H]2O)c1=O. The second-order valence-corrected chi connectivity index (χ2v) is 4.36. The van der Waals surface area contributed by atoms with Gasteiger partial charge in [-0.1, -0.05) is 12.8 Å². The maximum Gasteiger partial charge on any atom is 0.341 e. The lowest BCUT2D eigenvalue weighted by atomic mass is 9.92. The summed E-state index contributed by atoms with van der Waals surface area (Å²) in [7, 11) is 0. The summed E-state index contributed by atoms with van der Waals surface area (Å²) < 4.78 is 1.35. The van der Waals surface area contributed by atoms with Crippen LogP contribution in [-0.2, 0) is 0 Å². The Hall–Kier alpha value is -1.62. The van der Waals surface area contributed by atoms with Gasteiger partial charge in [-0.2, -0.15) is 0 Å². The minimum Gasteiger partial charge on any atom is -0.477 e. The molecule has 0 bridgehead atoms. The van der Waals surface area contributed by atoms with Gasteiger partial charge in [-0.15, -0.1) is 0 Å². The normalized spacial score (nSPS) is 24.5. The van der Waals surface area contributed by atoms with E-state index in [0.29, 0.717) is 12.8 Å². The number of aliphatic hydroxyl groups excluding tert-OH is 1. The quantitative estimate of drug-likeness (QED) is 0.804. The molecule has 0 aromatic carbocycles. The molecule has 1 aromatic heterocycles. The number of aliphatic hydroxyl groups is 1. The van der Waals surface area contributed by atoms with E-state index in [9.17, 15) is 14.7 Å². The summed E-state index contributed by atoms with van der Waals surface area (Å²) in [5, 5.41) is 18.7. The molecule has 1 aliphatic carbocycles. The zero-order chi connectivity index (χ0) is 12.4. The second kappa shape index (κ2) is 4.71. The van der Waals surface area contributed by atoms with Crippen LogP contribution in [0.25, 0.3) is 0 Å². The number of aromatic carboxylic acids is 1. The van der Waals surface area contributed by atoms with E-state index in [1.165, 1.54) is 16.7 Å². The molecule has 2 N–H and O–H groups in total. The van der Waals surface area contributed by atoms with E-state index >= 15 is 0 Å². The van der Waals surface area contributed by atoms with E-state index < -0.39 is 17.6 Å². The Morgan fingerprint density at radius 2 is 2.06 bits per heavy atom. The van der Waals surface area contributed by atoms with Crippen LogP contribution >= 0.6 is 0 Å². The summed E-state index contributed by atoms with van der Waals surface area (Å²) in [6.45, 7) is 0. The first kappa shape index (κ1) is 11.9. The monoisotopic (exact) mass is 237 g/mol. The first-order valence-electron chi connectivity index (χ1n) is 5.74. The van der Waals surface area contributed by atoms with Crippen molar-refractivity contribution in [3.8, 4) is 0 Å². The number of aromatic nitrogens is 1. The van der Waals surface area contributed by atoms with Gasteiger partial charge in [-0.25, -0.2) is 4.79 Å². The topological polar surface area (TPSA) is 79.5 Å². The smallest absolute Gasteiger partial charge is 0.341 e. The number of carbonyl (C=O) groups is 1. The molecule has 1 aliphatic rings. The highest BCUT2D eigenvalue weighted by atomic mass is 16.4. The van der Waals surface area contributed by atoms with Crippen molar-refractivity contribution in [2.24, 2.45) is 0 Å². The van der Waals surface area contributed by atoms with Crippen LogP contribution in [0.4, 0.5) is 0 Å². The molecule has 0 spiro atoms. The Bertz CT molecular complexity index is 480. The summed E-state index contributed by atoms with van der Waals surface area (Å²) >= 11 is 0. The molecule has 0 unspecified atom stereocenters. The van der Waals surface area contributed by atoms with Crippen LogP contribution in [0.15, 0.2) is 23.1 Å². The summed E-state index contributed by atoms with van der Waals surface area (Å²) in [5.41, 5.74) is -0.781. The third-order valence-corrected chi connectivity index (χ3v) is 3.26. The van der Waals surface area contributed by atoms with E-state index in [2.05, 4.69) is 0 Å². The summed E-state index contributed by atoms with van der Waals surface area (Å²) in [4.78, 5) is 22.8. The molecule has 17 heavy (non-hydrogen) atoms. The molecule has 0 saturated heterocycles. The molecule has 0 radical (unpaired) electrons. The summed E-state index contributed by atoms with van der Waals surface area (Å²) in [6, 6.07) is 2.53. The van der Waals surface area contributed by atoms with Crippen molar-refractivity contribution in [1.82, 2.24) is 4.57 Å². The molecule has 5 heteroatoms. The van der Waals surface area contributed by atoms with Crippen LogP contribution in [0, 0.1) is 0 Å². The van der Waals surface area contributed by atoms with Crippen molar-refractivity contribution >= 4 is 5.97 Å². The number of carboxylic acids is 1. The fourth-order valence-corrected chi connectivity index (χ4v) is 2.35. The van der Waals surface area contributed by atoms with Crippen LogP contribution in [0.3, 0.4) is 0 Å². The van der Waals surface area contributed by atoms with Crippen LogP contribution in [0.2, 0.25) is 0 Å². The highest BCUT2D eigenvalue weighted by Gasteiger charge is 2.26. The highest BCUT2D eigenvalue weighted by Crippen LogP contribution is 2.27. The number of pyridine rings is 1. The minimum absolute atomic E-state index is 0.245. The van der Waals surface area contributed by atoms with Gasteiger partial charge in [-0.3, -0.25) is 4.79 Å². The lowest BCUT2D eigenvalue weighted by Crippen LogP contribution is -2.36. The lowest BCUT2D eigenvalue weighted by Gasteiger charge is -2.29. The predicted octanol–water partition coefficient (Wildman–Crippen LogP) is 1.02. The standard InChI is InChI=1S/C12H15NO4/c14-10-6-2-1-5-9(10)13-7-3-4-8(11(13)15)12(16)17/h3-4,7,9-10,14H,1-2,5-6H2,(H,16,17)/t9-,10+/m0/s1. The number of carboxylic acid groups (broad SMARTS) is 1. The summed E-state index contributed by atoms with van der Waals surface area (Å²) in [5.74, 6) is -1.23. The third-order valence-electron chi connectivity index (χ3n) is 3.26. The average molecular weight is 237 g/mol. The average Bonchev–Trinajstić information content (AvgIpc) is 2.30. The van der Waals surface area contributed by atoms with Gasteiger partial charge in [0.25, 0.3) is 5.56 Å². The minimum atomic E-state index is -1.23. The van der Waals surface area contributed by atoms with Gasteiger partial charge < -0.3 is 14.8 Å². The van der Waals surface area contributed by atoms with Crippen LogP contribution in [0.1, 0.15) is 42.1 Å². The van der Waals surface area contributed by atoms with Crippen molar-refractivity contribution in [3.05, 3.63) is 34.2 Å². The lowest BCUT2D eigenvalue weighted by molar-refractivity contribution is 0.0670. The van der Waals surface area contributed by atoms with Gasteiger partial charge in [0.05, 0.1) is 12.1 Å². The van der Waals surface area contributed by atoms with E-state index in [-0.39, 0.29) is 11.6 Å². The molecule has 0 amide bonds. The fraction of sp³-hybridized carbons (Fsp3) is 0.500. The van der Waals surface area contributed by atoms with Gasteiger partial charge in [-0.05, 0) is 25.0 Å². The molecule has 92 valence electrons. The van der Waals surface area contributed by atoms with Crippen molar-refractivity contribution in [2.75, 3.05) is 0 Å². The number of nitrogens with zero attached hydrogens (tertiary/aromatic N) is 1. The zero-order valence-corrected chi connectivity index (χ0v) is 9.37. The van der Waals surface area contributed by atoms with E-state index in [1.54, 1.807) is 6.20 Å². The first-order chi connectivity index (χ1) is 8.11. The molecular weight excluding hydrogens is 222 g/mol. The number of hydrogen-bond donors (Lipinski definition) is 2. The molecule has 1 saturated carbocycles. The van der Waals surface area contributed by atoms with Crippen molar-refractivity contribution in [3.63, 3.8) is 0 Å². The number of rotatable bonds is 2. The van der Waals surface area contributed by atoms with Crippen LogP contribution < -0.4 is 5.56 Å². The van der Waals surface area contributed by atoms with Crippen LogP contribution in [0.5, 0.6) is 0 Å². The van der Waals surface area contributed by atoms with Crippen molar-refractivity contribution in [1.29, 1.82) is 0 Å². The molecule has 2 rings (SSSR count). The van der Waals surface area contributed by atoms with E-state index in [0.717, 1.165) is 12.8 Å². The number of hydrogen-bond acceptors (Lipinski definition) is 3.